The van der Waals surface area contributed by atoms with Gasteiger partial charge in [0.05, 0.1) is 13.2 Å². The van der Waals surface area contributed by atoms with Crippen molar-refractivity contribution in [1.29, 1.82) is 0 Å². The predicted molar refractivity (Wildman–Crippen MR) is 80.5 cm³/mol. The van der Waals surface area contributed by atoms with Gasteiger partial charge in [0.15, 0.2) is 5.78 Å². The number of rotatable bonds is 7. The van der Waals surface area contributed by atoms with Crippen molar-refractivity contribution in [1.82, 2.24) is 10.6 Å². The number of carboxylic acid groups (broad SMARTS) is 1. The van der Waals surface area contributed by atoms with Crippen LogP contribution in [0.15, 0.2) is 0 Å². The minimum atomic E-state index is -0.891. The molecular weight excluding hydrogens is 288 g/mol. The Kier molecular flexibility index (Phi) is 6.80. The summed E-state index contributed by atoms with van der Waals surface area (Å²) < 4.78 is 4.57. The summed E-state index contributed by atoms with van der Waals surface area (Å²) in [4.78, 5) is 35.2. The van der Waals surface area contributed by atoms with Gasteiger partial charge < -0.3 is 20.5 Å². The summed E-state index contributed by atoms with van der Waals surface area (Å²) in [6, 6.07) is -1.40. The van der Waals surface area contributed by atoms with Gasteiger partial charge in [0.2, 0.25) is 0 Å². The third kappa shape index (κ3) is 4.43. The molecule has 1 saturated heterocycles. The molecule has 126 valence electrons. The highest BCUT2D eigenvalue weighted by Crippen LogP contribution is 2.25. The Balaban J connectivity index is 2.81. The standard InChI is InChI=1S/C15H26N2O5/c1-5-9(10-6-7-11(16-10)14(19)20)13(18)12(8(2)3)17-15(21)22-4/h8-12,16H,5-7H2,1-4H3,(H,17,21)(H,19,20)/t9?,10-,11-,12-/m0/s1. The fourth-order valence-corrected chi connectivity index (χ4v) is 2.95. The number of carboxylic acids is 1. The first-order valence-corrected chi connectivity index (χ1v) is 7.68. The molecule has 1 rings (SSSR count). The summed E-state index contributed by atoms with van der Waals surface area (Å²) in [5.41, 5.74) is 0. The Hall–Kier alpha value is -1.63. The number of hydrogen-bond donors (Lipinski definition) is 3. The van der Waals surface area contributed by atoms with E-state index in [0.717, 1.165) is 0 Å². The molecule has 7 heteroatoms. The fourth-order valence-electron chi connectivity index (χ4n) is 2.95. The summed E-state index contributed by atoms with van der Waals surface area (Å²) in [6.45, 7) is 5.61. The lowest BCUT2D eigenvalue weighted by atomic mass is 9.84. The smallest absolute Gasteiger partial charge is 0.407 e. The number of methoxy groups -OCH3 is 1. The van der Waals surface area contributed by atoms with Gasteiger partial charge in [0, 0.05) is 12.0 Å². The zero-order valence-electron chi connectivity index (χ0n) is 13.6. The molecule has 0 spiro atoms. The molecular formula is C15H26N2O5. The Morgan fingerprint density at radius 1 is 1.32 bits per heavy atom. The van der Waals surface area contributed by atoms with Crippen molar-refractivity contribution in [3.8, 4) is 0 Å². The van der Waals surface area contributed by atoms with E-state index in [1.165, 1.54) is 7.11 Å². The number of amides is 1. The average molecular weight is 314 g/mol. The molecule has 1 unspecified atom stereocenters. The van der Waals surface area contributed by atoms with Gasteiger partial charge in [-0.2, -0.15) is 0 Å². The van der Waals surface area contributed by atoms with Crippen LogP contribution in [-0.4, -0.2) is 48.2 Å². The van der Waals surface area contributed by atoms with Crippen LogP contribution in [0, 0.1) is 11.8 Å². The van der Waals surface area contributed by atoms with Gasteiger partial charge in [-0.1, -0.05) is 20.8 Å². The van der Waals surface area contributed by atoms with E-state index in [9.17, 15) is 14.4 Å². The normalized spacial score (nSPS) is 23.9. The summed E-state index contributed by atoms with van der Waals surface area (Å²) in [5, 5.41) is 14.7. The molecule has 1 amide bonds. The van der Waals surface area contributed by atoms with E-state index in [1.807, 2.05) is 20.8 Å². The van der Waals surface area contributed by atoms with Crippen LogP contribution < -0.4 is 10.6 Å². The quantitative estimate of drug-likeness (QED) is 0.651. The molecule has 1 fully saturated rings. The van der Waals surface area contributed by atoms with Gasteiger partial charge in [-0.3, -0.25) is 9.59 Å². The first kappa shape index (κ1) is 18.4. The number of alkyl carbamates (subject to hydrolysis) is 1. The Bertz CT molecular complexity index is 424. The number of carbonyl (C=O) groups excluding carboxylic acids is 2. The number of ketones is 1. The largest absolute Gasteiger partial charge is 0.480 e. The first-order valence-electron chi connectivity index (χ1n) is 7.68. The van der Waals surface area contributed by atoms with E-state index in [-0.39, 0.29) is 23.7 Å². The van der Waals surface area contributed by atoms with Gasteiger partial charge in [-0.05, 0) is 25.2 Å². The minimum absolute atomic E-state index is 0.0719. The zero-order chi connectivity index (χ0) is 16.9. The van der Waals surface area contributed by atoms with E-state index in [1.54, 1.807) is 0 Å². The van der Waals surface area contributed by atoms with Crippen LogP contribution in [-0.2, 0) is 14.3 Å². The maximum Gasteiger partial charge on any atom is 0.407 e. The van der Waals surface area contributed by atoms with Crippen LogP contribution in [0.1, 0.15) is 40.0 Å². The van der Waals surface area contributed by atoms with Crippen molar-refractivity contribution in [2.45, 2.75) is 58.2 Å². The molecule has 0 saturated carbocycles. The van der Waals surface area contributed by atoms with Crippen molar-refractivity contribution in [2.75, 3.05) is 7.11 Å². The molecule has 7 nitrogen and oxygen atoms in total. The van der Waals surface area contributed by atoms with Crippen LogP contribution in [0.5, 0.6) is 0 Å². The molecule has 1 aliphatic rings. The van der Waals surface area contributed by atoms with Crippen LogP contribution in [0.25, 0.3) is 0 Å². The molecule has 22 heavy (non-hydrogen) atoms. The molecule has 1 aliphatic heterocycles. The molecule has 0 radical (unpaired) electrons. The SMILES string of the molecule is CCC(C(=O)[C@@H](NC(=O)OC)C(C)C)[C@@H]1CC[C@@H](C(=O)O)N1. The van der Waals surface area contributed by atoms with Gasteiger partial charge >= 0.3 is 12.1 Å². The zero-order valence-corrected chi connectivity index (χ0v) is 13.6. The van der Waals surface area contributed by atoms with Crippen LogP contribution in [0.3, 0.4) is 0 Å². The maximum atomic E-state index is 12.8. The lowest BCUT2D eigenvalue weighted by molar-refractivity contribution is -0.139. The summed E-state index contributed by atoms with van der Waals surface area (Å²) in [5.74, 6) is -1.37. The summed E-state index contributed by atoms with van der Waals surface area (Å²) in [7, 11) is 1.25. The van der Waals surface area contributed by atoms with Crippen LogP contribution in [0.2, 0.25) is 0 Å². The molecule has 0 aliphatic carbocycles. The maximum absolute atomic E-state index is 12.8. The van der Waals surface area contributed by atoms with Crippen molar-refractivity contribution in [3.63, 3.8) is 0 Å². The molecule has 0 aromatic carbocycles. The van der Waals surface area contributed by atoms with Gasteiger partial charge in [0.25, 0.3) is 0 Å². The minimum Gasteiger partial charge on any atom is -0.480 e. The Labute approximate surface area is 130 Å². The van der Waals surface area contributed by atoms with E-state index < -0.39 is 24.1 Å². The van der Waals surface area contributed by atoms with Crippen LogP contribution in [0.4, 0.5) is 4.79 Å². The average Bonchev–Trinajstić information content (AvgIpc) is 2.94. The van der Waals surface area contributed by atoms with Crippen molar-refractivity contribution >= 4 is 17.8 Å². The highest BCUT2D eigenvalue weighted by Gasteiger charge is 2.39. The number of nitrogens with one attached hydrogen (secondary N) is 2. The van der Waals surface area contributed by atoms with E-state index in [4.69, 9.17) is 5.11 Å². The summed E-state index contributed by atoms with van der Waals surface area (Å²) >= 11 is 0. The molecule has 0 bridgehead atoms. The molecule has 1 heterocycles. The molecule has 4 atom stereocenters. The van der Waals surface area contributed by atoms with E-state index in [0.29, 0.717) is 19.3 Å². The van der Waals surface area contributed by atoms with E-state index >= 15 is 0 Å². The Morgan fingerprint density at radius 2 is 1.95 bits per heavy atom. The monoisotopic (exact) mass is 314 g/mol. The van der Waals surface area contributed by atoms with E-state index in [2.05, 4.69) is 15.4 Å². The molecule has 0 aromatic rings. The number of aliphatic carboxylic acids is 1. The third-order valence-electron chi connectivity index (χ3n) is 4.20. The predicted octanol–water partition coefficient (Wildman–Crippen LogP) is 1.17. The second-order valence-electron chi connectivity index (χ2n) is 6.02. The lowest BCUT2D eigenvalue weighted by Crippen LogP contribution is -2.51. The van der Waals surface area contributed by atoms with Gasteiger partial charge in [0.1, 0.15) is 6.04 Å². The fraction of sp³-hybridized carbons (Fsp3) is 0.800. The number of ether oxygens (including phenoxy) is 1. The molecule has 0 aromatic heterocycles. The lowest BCUT2D eigenvalue weighted by Gasteiger charge is -2.28. The topological polar surface area (TPSA) is 105 Å². The van der Waals surface area contributed by atoms with Crippen LogP contribution >= 0.6 is 0 Å². The van der Waals surface area contributed by atoms with Gasteiger partial charge in [-0.25, -0.2) is 4.79 Å². The van der Waals surface area contributed by atoms with Crippen molar-refractivity contribution in [3.05, 3.63) is 0 Å². The first-order chi connectivity index (χ1) is 10.3. The number of carbonyl (C=O) groups is 3. The van der Waals surface area contributed by atoms with Gasteiger partial charge in [-0.15, -0.1) is 0 Å². The van der Waals surface area contributed by atoms with Crippen molar-refractivity contribution in [2.24, 2.45) is 11.8 Å². The second-order valence-corrected chi connectivity index (χ2v) is 6.02. The highest BCUT2D eigenvalue weighted by molar-refractivity contribution is 5.90. The Morgan fingerprint density at radius 3 is 2.36 bits per heavy atom. The summed E-state index contributed by atoms with van der Waals surface area (Å²) in [6.07, 6.45) is 1.12. The third-order valence-corrected chi connectivity index (χ3v) is 4.20. The molecule has 3 N–H and O–H groups in total. The number of Topliss-reactive ketones (excluding diaryl/α,β-unsaturated/α-hetero) is 1. The number of hydrogen-bond acceptors (Lipinski definition) is 5. The van der Waals surface area contributed by atoms with Crippen molar-refractivity contribution < 1.29 is 24.2 Å². The highest BCUT2D eigenvalue weighted by atomic mass is 16.5. The second kappa shape index (κ2) is 8.12.